The van der Waals surface area contributed by atoms with Crippen molar-refractivity contribution in [3.05, 3.63) is 28.3 Å². The highest BCUT2D eigenvalue weighted by Gasteiger charge is 2.62. The van der Waals surface area contributed by atoms with Crippen LogP contribution in [0, 0.1) is 6.92 Å². The van der Waals surface area contributed by atoms with E-state index < -0.39 is 0 Å². The third-order valence-electron chi connectivity index (χ3n) is 4.43. The Morgan fingerprint density at radius 1 is 1.33 bits per heavy atom. The summed E-state index contributed by atoms with van der Waals surface area (Å²) in [5, 5.41) is 0.765. The number of benzene rings is 1. The van der Waals surface area contributed by atoms with Crippen molar-refractivity contribution < 1.29 is 9.47 Å². The van der Waals surface area contributed by atoms with E-state index in [9.17, 15) is 0 Å². The Kier molecular flexibility index (Phi) is 2.63. The highest BCUT2D eigenvalue weighted by Crippen LogP contribution is 2.55. The lowest BCUT2D eigenvalue weighted by Crippen LogP contribution is -2.60. The summed E-state index contributed by atoms with van der Waals surface area (Å²) in [4.78, 5) is 0. The SMILES string of the molecule is COc1cc(C)c(Cl)cc1C1(C2(N)CC2)COC1. The van der Waals surface area contributed by atoms with Crippen molar-refractivity contribution in [3.8, 4) is 5.75 Å². The van der Waals surface area contributed by atoms with Crippen LogP contribution in [0.15, 0.2) is 12.1 Å². The molecule has 98 valence electrons. The molecular formula is C14H18ClNO2. The topological polar surface area (TPSA) is 44.5 Å². The zero-order valence-electron chi connectivity index (χ0n) is 10.8. The molecule has 0 unspecified atom stereocenters. The van der Waals surface area contributed by atoms with Crippen LogP contribution in [0.5, 0.6) is 5.75 Å². The minimum Gasteiger partial charge on any atom is -0.496 e. The number of aryl methyl sites for hydroxylation is 1. The van der Waals surface area contributed by atoms with Crippen LogP contribution in [0.4, 0.5) is 0 Å². The van der Waals surface area contributed by atoms with E-state index in [0.29, 0.717) is 13.2 Å². The number of hydrogen-bond acceptors (Lipinski definition) is 3. The predicted octanol–water partition coefficient (Wildman–Crippen LogP) is 2.42. The van der Waals surface area contributed by atoms with Gasteiger partial charge in [0, 0.05) is 16.1 Å². The van der Waals surface area contributed by atoms with E-state index in [4.69, 9.17) is 26.8 Å². The minimum absolute atomic E-state index is 0.115. The average molecular weight is 268 g/mol. The summed E-state index contributed by atoms with van der Waals surface area (Å²) in [6, 6.07) is 3.99. The van der Waals surface area contributed by atoms with Crippen LogP contribution in [-0.4, -0.2) is 25.9 Å². The van der Waals surface area contributed by atoms with Crippen LogP contribution in [0.1, 0.15) is 24.0 Å². The van der Waals surface area contributed by atoms with Gasteiger partial charge in [-0.15, -0.1) is 0 Å². The molecule has 1 saturated carbocycles. The monoisotopic (exact) mass is 267 g/mol. The third kappa shape index (κ3) is 1.51. The number of methoxy groups -OCH3 is 1. The number of hydrogen-bond donors (Lipinski definition) is 1. The molecule has 1 saturated heterocycles. The number of rotatable bonds is 3. The van der Waals surface area contributed by atoms with E-state index in [2.05, 4.69) is 0 Å². The van der Waals surface area contributed by atoms with Crippen molar-refractivity contribution in [2.75, 3.05) is 20.3 Å². The fraction of sp³-hybridized carbons (Fsp3) is 0.571. The molecule has 0 bridgehead atoms. The molecule has 3 nitrogen and oxygen atoms in total. The van der Waals surface area contributed by atoms with Gasteiger partial charge >= 0.3 is 0 Å². The average Bonchev–Trinajstić information content (AvgIpc) is 3.00. The summed E-state index contributed by atoms with van der Waals surface area (Å²) in [5.41, 5.74) is 8.32. The second kappa shape index (κ2) is 3.86. The zero-order chi connectivity index (χ0) is 13.0. The number of halogens is 1. The lowest BCUT2D eigenvalue weighted by molar-refractivity contribution is -0.0795. The summed E-state index contributed by atoms with van der Waals surface area (Å²) in [6.45, 7) is 3.31. The second-order valence-corrected chi connectivity index (χ2v) is 5.94. The summed E-state index contributed by atoms with van der Waals surface area (Å²) in [6.07, 6.45) is 2.09. The van der Waals surface area contributed by atoms with Gasteiger partial charge in [-0.2, -0.15) is 0 Å². The Morgan fingerprint density at radius 3 is 2.44 bits per heavy atom. The Bertz CT molecular complexity index is 493. The van der Waals surface area contributed by atoms with E-state index >= 15 is 0 Å². The standard InChI is InChI=1S/C14H18ClNO2/c1-9-5-12(17-2)10(6-11(9)15)13(7-18-8-13)14(16)3-4-14/h5-6H,3-4,7-8,16H2,1-2H3. The van der Waals surface area contributed by atoms with Gasteiger partial charge in [-0.25, -0.2) is 0 Å². The van der Waals surface area contributed by atoms with Crippen molar-refractivity contribution in [1.29, 1.82) is 0 Å². The summed E-state index contributed by atoms with van der Waals surface area (Å²) >= 11 is 6.26. The molecule has 4 heteroatoms. The Hall–Kier alpha value is -0.770. The molecule has 0 spiro atoms. The van der Waals surface area contributed by atoms with E-state index in [1.807, 2.05) is 19.1 Å². The first-order chi connectivity index (χ1) is 8.52. The van der Waals surface area contributed by atoms with Crippen LogP contribution >= 0.6 is 11.6 Å². The first-order valence-corrected chi connectivity index (χ1v) is 6.61. The highest BCUT2D eigenvalue weighted by molar-refractivity contribution is 6.31. The molecule has 2 N–H and O–H groups in total. The zero-order valence-corrected chi connectivity index (χ0v) is 11.5. The molecule has 2 aliphatic rings. The van der Waals surface area contributed by atoms with E-state index in [1.165, 1.54) is 0 Å². The lowest BCUT2D eigenvalue weighted by atomic mass is 9.70. The van der Waals surface area contributed by atoms with E-state index in [0.717, 1.165) is 34.7 Å². The van der Waals surface area contributed by atoms with E-state index in [-0.39, 0.29) is 11.0 Å². The van der Waals surface area contributed by atoms with Gasteiger partial charge in [-0.05, 0) is 37.5 Å². The first-order valence-electron chi connectivity index (χ1n) is 6.24. The molecule has 1 aliphatic carbocycles. The van der Waals surface area contributed by atoms with Crippen molar-refractivity contribution in [1.82, 2.24) is 0 Å². The van der Waals surface area contributed by atoms with Gasteiger partial charge in [-0.3, -0.25) is 0 Å². The normalized spacial score (nSPS) is 23.3. The fourth-order valence-electron chi connectivity index (χ4n) is 2.83. The lowest BCUT2D eigenvalue weighted by Gasteiger charge is -2.47. The largest absolute Gasteiger partial charge is 0.496 e. The summed E-state index contributed by atoms with van der Waals surface area (Å²) < 4.78 is 11.0. The maximum atomic E-state index is 6.45. The van der Waals surface area contributed by atoms with Gasteiger partial charge in [0.1, 0.15) is 5.75 Å². The van der Waals surface area contributed by atoms with Gasteiger partial charge in [-0.1, -0.05) is 11.6 Å². The number of nitrogens with two attached hydrogens (primary N) is 1. The van der Waals surface area contributed by atoms with Gasteiger partial charge in [0.15, 0.2) is 0 Å². The van der Waals surface area contributed by atoms with Crippen molar-refractivity contribution in [2.24, 2.45) is 5.73 Å². The molecule has 0 amide bonds. The van der Waals surface area contributed by atoms with E-state index in [1.54, 1.807) is 7.11 Å². The highest BCUT2D eigenvalue weighted by atomic mass is 35.5. The van der Waals surface area contributed by atoms with Crippen molar-refractivity contribution in [2.45, 2.75) is 30.7 Å². The maximum Gasteiger partial charge on any atom is 0.123 e. The number of ether oxygens (including phenoxy) is 2. The second-order valence-electron chi connectivity index (χ2n) is 5.53. The molecule has 0 aromatic heterocycles. The Morgan fingerprint density at radius 2 is 2.00 bits per heavy atom. The third-order valence-corrected chi connectivity index (χ3v) is 4.84. The van der Waals surface area contributed by atoms with Gasteiger partial charge < -0.3 is 15.2 Å². The first kappa shape index (κ1) is 12.3. The van der Waals surface area contributed by atoms with Crippen LogP contribution in [0.25, 0.3) is 0 Å². The smallest absolute Gasteiger partial charge is 0.123 e. The molecule has 1 aliphatic heterocycles. The molecule has 0 radical (unpaired) electrons. The fourth-order valence-corrected chi connectivity index (χ4v) is 2.99. The summed E-state index contributed by atoms with van der Waals surface area (Å²) in [5.74, 6) is 0.872. The molecule has 18 heavy (non-hydrogen) atoms. The minimum atomic E-state index is -0.142. The van der Waals surface area contributed by atoms with Crippen molar-refractivity contribution >= 4 is 11.6 Å². The predicted molar refractivity (Wildman–Crippen MR) is 71.4 cm³/mol. The van der Waals surface area contributed by atoms with Gasteiger partial charge in [0.2, 0.25) is 0 Å². The van der Waals surface area contributed by atoms with Gasteiger partial charge in [0.25, 0.3) is 0 Å². The van der Waals surface area contributed by atoms with Crippen LogP contribution < -0.4 is 10.5 Å². The van der Waals surface area contributed by atoms with Crippen LogP contribution in [0.3, 0.4) is 0 Å². The Balaban J connectivity index is 2.13. The Labute approximate surface area is 112 Å². The van der Waals surface area contributed by atoms with Crippen LogP contribution in [-0.2, 0) is 10.2 Å². The molecule has 1 heterocycles. The van der Waals surface area contributed by atoms with Gasteiger partial charge in [0.05, 0.1) is 25.7 Å². The van der Waals surface area contributed by atoms with Crippen LogP contribution in [0.2, 0.25) is 5.02 Å². The molecule has 1 aromatic carbocycles. The van der Waals surface area contributed by atoms with Crippen molar-refractivity contribution in [3.63, 3.8) is 0 Å². The molecule has 2 fully saturated rings. The molecule has 0 atom stereocenters. The maximum absolute atomic E-state index is 6.45. The quantitative estimate of drug-likeness (QED) is 0.915. The summed E-state index contributed by atoms with van der Waals surface area (Å²) in [7, 11) is 1.69. The molecule has 1 aromatic rings. The molecule has 3 rings (SSSR count). The molecular weight excluding hydrogens is 250 g/mol.